The Hall–Kier alpha value is -2.65. The third-order valence-electron chi connectivity index (χ3n) is 5.72. The van der Waals surface area contributed by atoms with E-state index in [2.05, 4.69) is 47.8 Å². The van der Waals surface area contributed by atoms with Crippen LogP contribution in [0, 0.1) is 0 Å². The molecule has 0 saturated carbocycles. The van der Waals surface area contributed by atoms with Crippen molar-refractivity contribution < 1.29 is 4.79 Å². The summed E-state index contributed by atoms with van der Waals surface area (Å²) in [5.74, 6) is 0.166. The second-order valence-corrected chi connectivity index (χ2v) is 7.64. The molecular formula is C25H28N2O. The first-order chi connectivity index (χ1) is 13.8. The smallest absolute Gasteiger partial charge is 0.254 e. The molecule has 3 aromatic carbocycles. The fourth-order valence-corrected chi connectivity index (χ4v) is 4.11. The van der Waals surface area contributed by atoms with E-state index < -0.39 is 0 Å². The molecule has 1 heterocycles. The minimum atomic E-state index is 0.166. The van der Waals surface area contributed by atoms with Gasteiger partial charge in [0.25, 0.3) is 5.91 Å². The monoisotopic (exact) mass is 372 g/mol. The largest absolute Gasteiger partial charge is 0.339 e. The van der Waals surface area contributed by atoms with Gasteiger partial charge in [0.1, 0.15) is 0 Å². The van der Waals surface area contributed by atoms with Crippen LogP contribution in [-0.4, -0.2) is 36.5 Å². The van der Waals surface area contributed by atoms with Crippen molar-refractivity contribution >= 4 is 16.7 Å². The van der Waals surface area contributed by atoms with E-state index >= 15 is 0 Å². The highest BCUT2D eigenvalue weighted by molar-refractivity contribution is 6.07. The molecule has 1 aliphatic rings. The van der Waals surface area contributed by atoms with Crippen molar-refractivity contribution in [2.75, 3.05) is 19.6 Å². The molecule has 3 heteroatoms. The Bertz CT molecular complexity index is 909. The summed E-state index contributed by atoms with van der Waals surface area (Å²) in [5.41, 5.74) is 2.23. The molecule has 3 aromatic rings. The average molecular weight is 373 g/mol. The van der Waals surface area contributed by atoms with E-state index in [4.69, 9.17) is 0 Å². The molecule has 0 aliphatic carbocycles. The zero-order valence-corrected chi connectivity index (χ0v) is 16.3. The average Bonchev–Trinajstić information content (AvgIpc) is 2.77. The van der Waals surface area contributed by atoms with E-state index in [9.17, 15) is 4.79 Å². The van der Waals surface area contributed by atoms with Gasteiger partial charge in [0, 0.05) is 24.7 Å². The predicted molar refractivity (Wildman–Crippen MR) is 116 cm³/mol. The summed E-state index contributed by atoms with van der Waals surface area (Å²) >= 11 is 0. The van der Waals surface area contributed by atoms with Crippen LogP contribution in [0.4, 0.5) is 0 Å². The Kier molecular flexibility index (Phi) is 6.03. The fraction of sp³-hybridized carbons (Fsp3) is 0.320. The standard InChI is InChI=1S/C25H28N2O/c28-25(24-14-6-12-21-11-4-5-13-23(21)24)27-18-15-22(16-19-27)26-17-7-10-20-8-2-1-3-9-20/h1-6,8-9,11-14,22,26H,7,10,15-19H2. The van der Waals surface area contributed by atoms with Crippen molar-refractivity contribution in [3.8, 4) is 0 Å². The molecule has 1 amide bonds. The van der Waals surface area contributed by atoms with Crippen molar-refractivity contribution in [2.45, 2.75) is 31.7 Å². The Labute approximate surface area is 167 Å². The molecule has 28 heavy (non-hydrogen) atoms. The molecular weight excluding hydrogens is 344 g/mol. The molecule has 144 valence electrons. The van der Waals surface area contributed by atoms with E-state index in [0.29, 0.717) is 6.04 Å². The van der Waals surface area contributed by atoms with Crippen LogP contribution in [0.15, 0.2) is 72.8 Å². The Morgan fingerprint density at radius 2 is 1.61 bits per heavy atom. The number of piperidine rings is 1. The summed E-state index contributed by atoms with van der Waals surface area (Å²) in [7, 11) is 0. The molecule has 4 rings (SSSR count). The summed E-state index contributed by atoms with van der Waals surface area (Å²) in [6.07, 6.45) is 4.33. The number of benzene rings is 3. The minimum absolute atomic E-state index is 0.166. The number of rotatable bonds is 6. The van der Waals surface area contributed by atoms with Gasteiger partial charge in [0.2, 0.25) is 0 Å². The van der Waals surface area contributed by atoms with E-state index in [1.807, 2.05) is 35.2 Å². The minimum Gasteiger partial charge on any atom is -0.339 e. The number of nitrogens with one attached hydrogen (secondary N) is 1. The summed E-state index contributed by atoms with van der Waals surface area (Å²) in [6, 6.07) is 25.3. The lowest BCUT2D eigenvalue weighted by Gasteiger charge is -2.33. The first-order valence-electron chi connectivity index (χ1n) is 10.4. The number of hydrogen-bond acceptors (Lipinski definition) is 2. The highest BCUT2D eigenvalue weighted by Gasteiger charge is 2.24. The van der Waals surface area contributed by atoms with E-state index in [1.54, 1.807) is 0 Å². The third-order valence-corrected chi connectivity index (χ3v) is 5.72. The van der Waals surface area contributed by atoms with E-state index in [1.165, 1.54) is 5.56 Å². The molecule has 1 aliphatic heterocycles. The van der Waals surface area contributed by atoms with Crippen LogP contribution in [0.2, 0.25) is 0 Å². The Balaban J connectivity index is 1.26. The number of likely N-dealkylation sites (tertiary alicyclic amines) is 1. The number of carbonyl (C=O) groups is 1. The van der Waals surface area contributed by atoms with Gasteiger partial charge in [-0.2, -0.15) is 0 Å². The van der Waals surface area contributed by atoms with Crippen molar-refractivity contribution in [1.82, 2.24) is 10.2 Å². The van der Waals surface area contributed by atoms with Crippen molar-refractivity contribution in [1.29, 1.82) is 0 Å². The zero-order valence-electron chi connectivity index (χ0n) is 16.3. The number of amides is 1. The van der Waals surface area contributed by atoms with Crippen LogP contribution in [0.5, 0.6) is 0 Å². The molecule has 0 unspecified atom stereocenters. The van der Waals surface area contributed by atoms with Crippen molar-refractivity contribution in [3.63, 3.8) is 0 Å². The van der Waals surface area contributed by atoms with Gasteiger partial charge in [0.15, 0.2) is 0 Å². The van der Waals surface area contributed by atoms with E-state index in [0.717, 1.165) is 61.7 Å². The van der Waals surface area contributed by atoms with Crippen LogP contribution < -0.4 is 5.32 Å². The SMILES string of the molecule is O=C(c1cccc2ccccc12)N1CCC(NCCCc2ccccc2)CC1. The summed E-state index contributed by atoms with van der Waals surface area (Å²) in [6.45, 7) is 2.70. The van der Waals surface area contributed by atoms with Crippen molar-refractivity contribution in [3.05, 3.63) is 83.9 Å². The molecule has 0 aromatic heterocycles. The topological polar surface area (TPSA) is 32.3 Å². The number of hydrogen-bond donors (Lipinski definition) is 1. The maximum atomic E-state index is 13.0. The number of aryl methyl sites for hydroxylation is 1. The van der Waals surface area contributed by atoms with Gasteiger partial charge in [-0.3, -0.25) is 4.79 Å². The second kappa shape index (κ2) is 9.03. The molecule has 1 N–H and O–H groups in total. The number of fused-ring (bicyclic) bond motifs is 1. The lowest BCUT2D eigenvalue weighted by Crippen LogP contribution is -2.45. The van der Waals surface area contributed by atoms with Gasteiger partial charge in [-0.1, -0.05) is 66.7 Å². The lowest BCUT2D eigenvalue weighted by atomic mass is 10.0. The summed E-state index contributed by atoms with van der Waals surface area (Å²) in [4.78, 5) is 15.1. The third kappa shape index (κ3) is 4.42. The Morgan fingerprint density at radius 1 is 0.893 bits per heavy atom. The van der Waals surface area contributed by atoms with Gasteiger partial charge in [-0.15, -0.1) is 0 Å². The normalized spacial score (nSPS) is 15.1. The first-order valence-corrected chi connectivity index (χ1v) is 10.4. The van der Waals surface area contributed by atoms with Gasteiger partial charge < -0.3 is 10.2 Å². The molecule has 0 atom stereocenters. The number of carbonyl (C=O) groups excluding carboxylic acids is 1. The maximum Gasteiger partial charge on any atom is 0.254 e. The zero-order chi connectivity index (χ0) is 19.2. The first kappa shape index (κ1) is 18.7. The molecule has 1 saturated heterocycles. The van der Waals surface area contributed by atoms with Gasteiger partial charge in [-0.05, 0) is 54.6 Å². The summed E-state index contributed by atoms with van der Waals surface area (Å²) in [5, 5.41) is 5.86. The van der Waals surface area contributed by atoms with Gasteiger partial charge >= 0.3 is 0 Å². The highest BCUT2D eigenvalue weighted by atomic mass is 16.2. The quantitative estimate of drug-likeness (QED) is 0.638. The Morgan fingerprint density at radius 3 is 2.43 bits per heavy atom. The number of nitrogens with zero attached hydrogens (tertiary/aromatic N) is 1. The van der Waals surface area contributed by atoms with Gasteiger partial charge in [0.05, 0.1) is 0 Å². The summed E-state index contributed by atoms with van der Waals surface area (Å²) < 4.78 is 0. The van der Waals surface area contributed by atoms with Crippen molar-refractivity contribution in [2.24, 2.45) is 0 Å². The maximum absolute atomic E-state index is 13.0. The van der Waals surface area contributed by atoms with Crippen LogP contribution in [0.3, 0.4) is 0 Å². The molecule has 0 radical (unpaired) electrons. The van der Waals surface area contributed by atoms with Crippen LogP contribution >= 0.6 is 0 Å². The van der Waals surface area contributed by atoms with Crippen LogP contribution in [0.25, 0.3) is 10.8 Å². The fourth-order valence-electron chi connectivity index (χ4n) is 4.11. The highest BCUT2D eigenvalue weighted by Crippen LogP contribution is 2.22. The van der Waals surface area contributed by atoms with Crippen LogP contribution in [0.1, 0.15) is 35.2 Å². The molecule has 3 nitrogen and oxygen atoms in total. The predicted octanol–water partition coefficient (Wildman–Crippen LogP) is 4.67. The molecule has 0 bridgehead atoms. The lowest BCUT2D eigenvalue weighted by molar-refractivity contribution is 0.0707. The van der Waals surface area contributed by atoms with Crippen LogP contribution in [-0.2, 0) is 6.42 Å². The molecule has 1 fully saturated rings. The van der Waals surface area contributed by atoms with E-state index in [-0.39, 0.29) is 5.91 Å². The van der Waals surface area contributed by atoms with Gasteiger partial charge in [-0.25, -0.2) is 0 Å². The second-order valence-electron chi connectivity index (χ2n) is 7.64. The molecule has 0 spiro atoms.